The lowest BCUT2D eigenvalue weighted by molar-refractivity contribution is 0.102. The van der Waals surface area contributed by atoms with E-state index in [1.807, 2.05) is 24.3 Å². The van der Waals surface area contributed by atoms with Gasteiger partial charge in [0.15, 0.2) is 0 Å². The molecule has 0 atom stereocenters. The highest BCUT2D eigenvalue weighted by atomic mass is 35.5. The second kappa shape index (κ2) is 9.33. The molecule has 0 heterocycles. The zero-order chi connectivity index (χ0) is 17.4. The Hall–Kier alpha value is -2.00. The van der Waals surface area contributed by atoms with Gasteiger partial charge < -0.3 is 10.4 Å². The van der Waals surface area contributed by atoms with Crippen LogP contribution in [0, 0.1) is 0 Å². The maximum absolute atomic E-state index is 12.2. The summed E-state index contributed by atoms with van der Waals surface area (Å²) in [5, 5.41) is 13.0. The van der Waals surface area contributed by atoms with E-state index in [1.54, 1.807) is 6.07 Å². The average molecular weight is 346 g/mol. The number of carbonyl (C=O) groups excluding carboxylic acids is 1. The summed E-state index contributed by atoms with van der Waals surface area (Å²) in [6.45, 7) is 2.22. The predicted octanol–water partition coefficient (Wildman–Crippen LogP) is 5.81. The first-order chi connectivity index (χ1) is 11.6. The fourth-order valence-electron chi connectivity index (χ4n) is 2.58. The number of phenols is 1. The molecule has 0 aliphatic heterocycles. The Kier molecular flexibility index (Phi) is 7.13. The van der Waals surface area contributed by atoms with Crippen LogP contribution < -0.4 is 5.32 Å². The van der Waals surface area contributed by atoms with Gasteiger partial charge in [-0.15, -0.1) is 0 Å². The number of aryl methyl sites for hydroxylation is 1. The summed E-state index contributed by atoms with van der Waals surface area (Å²) in [7, 11) is 0. The summed E-state index contributed by atoms with van der Waals surface area (Å²) in [4.78, 5) is 12.2. The van der Waals surface area contributed by atoms with E-state index in [2.05, 4.69) is 12.2 Å². The van der Waals surface area contributed by atoms with Gasteiger partial charge in [0.05, 0.1) is 5.56 Å². The number of carbonyl (C=O) groups is 1. The van der Waals surface area contributed by atoms with Gasteiger partial charge in [-0.3, -0.25) is 4.79 Å². The summed E-state index contributed by atoms with van der Waals surface area (Å²) >= 11 is 5.78. The lowest BCUT2D eigenvalue weighted by atomic mass is 10.1. The van der Waals surface area contributed by atoms with Crippen molar-refractivity contribution in [1.82, 2.24) is 0 Å². The minimum absolute atomic E-state index is 0.122. The first-order valence-electron chi connectivity index (χ1n) is 8.49. The van der Waals surface area contributed by atoms with E-state index in [4.69, 9.17) is 11.6 Å². The number of hydrogen-bond donors (Lipinski definition) is 2. The van der Waals surface area contributed by atoms with E-state index in [0.717, 1.165) is 6.42 Å². The fourth-order valence-corrected chi connectivity index (χ4v) is 2.75. The average Bonchev–Trinajstić information content (AvgIpc) is 2.56. The van der Waals surface area contributed by atoms with E-state index in [9.17, 15) is 9.90 Å². The molecule has 0 saturated heterocycles. The van der Waals surface area contributed by atoms with Crippen LogP contribution in [0.4, 0.5) is 5.69 Å². The largest absolute Gasteiger partial charge is 0.507 e. The molecule has 0 aliphatic rings. The van der Waals surface area contributed by atoms with Gasteiger partial charge in [0.1, 0.15) is 5.75 Å². The summed E-state index contributed by atoms with van der Waals surface area (Å²) < 4.78 is 0. The van der Waals surface area contributed by atoms with Crippen molar-refractivity contribution in [2.45, 2.75) is 45.4 Å². The molecule has 2 N–H and O–H groups in total. The predicted molar refractivity (Wildman–Crippen MR) is 100.0 cm³/mol. The van der Waals surface area contributed by atoms with Gasteiger partial charge in [-0.2, -0.15) is 0 Å². The molecule has 2 aromatic rings. The molecule has 0 saturated carbocycles. The van der Waals surface area contributed by atoms with Gasteiger partial charge >= 0.3 is 0 Å². The number of hydrogen-bond acceptors (Lipinski definition) is 2. The summed E-state index contributed by atoms with van der Waals surface area (Å²) in [5.74, 6) is -0.472. The smallest absolute Gasteiger partial charge is 0.259 e. The second-order valence-corrected chi connectivity index (χ2v) is 6.41. The van der Waals surface area contributed by atoms with Crippen LogP contribution in [0.5, 0.6) is 5.75 Å². The number of phenolic OH excluding ortho intramolecular Hbond substituents is 1. The SMILES string of the molecule is CCCCCCCc1ccc(NC(=O)c2ccc(Cl)cc2O)cc1. The zero-order valence-electron chi connectivity index (χ0n) is 14.0. The molecule has 128 valence electrons. The van der Waals surface area contributed by atoms with Gasteiger partial charge in [0.2, 0.25) is 0 Å². The molecule has 24 heavy (non-hydrogen) atoms. The normalized spacial score (nSPS) is 10.6. The summed E-state index contributed by atoms with van der Waals surface area (Å²) in [6, 6.07) is 12.3. The van der Waals surface area contributed by atoms with Gasteiger partial charge in [-0.25, -0.2) is 0 Å². The summed E-state index contributed by atoms with van der Waals surface area (Å²) in [6.07, 6.45) is 7.40. The van der Waals surface area contributed by atoms with Crippen molar-refractivity contribution in [2.75, 3.05) is 5.32 Å². The van der Waals surface area contributed by atoms with Gasteiger partial charge in [0, 0.05) is 10.7 Å². The molecule has 2 aromatic carbocycles. The van der Waals surface area contributed by atoms with Crippen molar-refractivity contribution in [2.24, 2.45) is 0 Å². The molecular formula is C20H24ClNO2. The van der Waals surface area contributed by atoms with Crippen LogP contribution in [0.25, 0.3) is 0 Å². The molecule has 0 bridgehead atoms. The maximum atomic E-state index is 12.2. The van der Waals surface area contributed by atoms with Crippen molar-refractivity contribution in [3.05, 3.63) is 58.6 Å². The molecule has 3 nitrogen and oxygen atoms in total. The number of benzene rings is 2. The highest BCUT2D eigenvalue weighted by Crippen LogP contribution is 2.23. The maximum Gasteiger partial charge on any atom is 0.259 e. The second-order valence-electron chi connectivity index (χ2n) is 5.98. The lowest BCUT2D eigenvalue weighted by Gasteiger charge is -2.08. The van der Waals surface area contributed by atoms with Crippen LogP contribution in [-0.4, -0.2) is 11.0 Å². The fraction of sp³-hybridized carbons (Fsp3) is 0.350. The third kappa shape index (κ3) is 5.57. The molecule has 2 rings (SSSR count). The topological polar surface area (TPSA) is 49.3 Å². The number of aromatic hydroxyl groups is 1. The van der Waals surface area contributed by atoms with Gasteiger partial charge in [-0.05, 0) is 48.7 Å². The quantitative estimate of drug-likeness (QED) is 0.593. The van der Waals surface area contributed by atoms with E-state index in [0.29, 0.717) is 10.7 Å². The van der Waals surface area contributed by atoms with Crippen molar-refractivity contribution in [3.8, 4) is 5.75 Å². The molecule has 0 aliphatic carbocycles. The van der Waals surface area contributed by atoms with Crippen molar-refractivity contribution < 1.29 is 9.90 Å². The number of rotatable bonds is 8. The van der Waals surface area contributed by atoms with Crippen molar-refractivity contribution in [1.29, 1.82) is 0 Å². The third-order valence-electron chi connectivity index (χ3n) is 3.99. The molecule has 0 spiro atoms. The zero-order valence-corrected chi connectivity index (χ0v) is 14.8. The Morgan fingerprint density at radius 2 is 1.75 bits per heavy atom. The highest BCUT2D eigenvalue weighted by Gasteiger charge is 2.11. The first kappa shape index (κ1) is 18.3. The van der Waals surface area contributed by atoms with Crippen LogP contribution in [0.15, 0.2) is 42.5 Å². The molecule has 0 aromatic heterocycles. The monoisotopic (exact) mass is 345 g/mol. The Morgan fingerprint density at radius 1 is 1.04 bits per heavy atom. The van der Waals surface area contributed by atoms with Crippen LogP contribution in [0.1, 0.15) is 54.9 Å². The van der Waals surface area contributed by atoms with E-state index in [-0.39, 0.29) is 17.2 Å². The van der Waals surface area contributed by atoms with E-state index >= 15 is 0 Å². The Morgan fingerprint density at radius 3 is 2.42 bits per heavy atom. The first-order valence-corrected chi connectivity index (χ1v) is 8.86. The summed E-state index contributed by atoms with van der Waals surface area (Å²) in [5.41, 5.74) is 2.20. The Bertz CT molecular complexity index is 668. The number of anilines is 1. The Labute approximate surface area is 148 Å². The minimum Gasteiger partial charge on any atom is -0.507 e. The number of unbranched alkanes of at least 4 members (excludes halogenated alkanes) is 4. The van der Waals surface area contributed by atoms with Gasteiger partial charge in [0.25, 0.3) is 5.91 Å². The van der Waals surface area contributed by atoms with Gasteiger partial charge in [-0.1, -0.05) is 56.3 Å². The van der Waals surface area contributed by atoms with Crippen molar-refractivity contribution >= 4 is 23.2 Å². The number of halogens is 1. The van der Waals surface area contributed by atoms with Crippen LogP contribution >= 0.6 is 11.6 Å². The number of amides is 1. The lowest BCUT2D eigenvalue weighted by Crippen LogP contribution is -2.12. The Balaban J connectivity index is 1.88. The highest BCUT2D eigenvalue weighted by molar-refractivity contribution is 6.30. The third-order valence-corrected chi connectivity index (χ3v) is 4.22. The molecular weight excluding hydrogens is 322 g/mol. The molecule has 0 radical (unpaired) electrons. The molecule has 0 fully saturated rings. The minimum atomic E-state index is -0.350. The standard InChI is InChI=1S/C20H24ClNO2/c1-2-3-4-5-6-7-15-8-11-17(12-9-15)22-20(24)18-13-10-16(21)14-19(18)23/h8-14,23H,2-7H2,1H3,(H,22,24). The molecule has 4 heteroatoms. The van der Waals surface area contributed by atoms with E-state index in [1.165, 1.54) is 49.8 Å². The van der Waals surface area contributed by atoms with Crippen LogP contribution in [-0.2, 0) is 6.42 Å². The van der Waals surface area contributed by atoms with E-state index < -0.39 is 0 Å². The van der Waals surface area contributed by atoms with Crippen molar-refractivity contribution in [3.63, 3.8) is 0 Å². The number of nitrogens with one attached hydrogen (secondary N) is 1. The van der Waals surface area contributed by atoms with Crippen LogP contribution in [0.3, 0.4) is 0 Å². The molecule has 1 amide bonds. The molecule has 0 unspecified atom stereocenters. The van der Waals surface area contributed by atoms with Crippen LogP contribution in [0.2, 0.25) is 5.02 Å².